The minimum atomic E-state index is -0.00239. The average Bonchev–Trinajstić information content (AvgIpc) is 2.47. The number of nitrogens with zero attached hydrogens (tertiary/aromatic N) is 2. The Labute approximate surface area is 123 Å². The zero-order chi connectivity index (χ0) is 14.5. The minimum Gasteiger partial charge on any atom is -0.393 e. The summed E-state index contributed by atoms with van der Waals surface area (Å²) >= 11 is 4.86. The third kappa shape index (κ3) is 3.54. The molecule has 5 nitrogen and oxygen atoms in total. The molecule has 2 amide bonds. The van der Waals surface area contributed by atoms with Gasteiger partial charge < -0.3 is 15.5 Å². The second kappa shape index (κ2) is 6.47. The number of thiocarbonyl (C=S) groups is 1. The van der Waals surface area contributed by atoms with Crippen LogP contribution in [0.5, 0.6) is 0 Å². The van der Waals surface area contributed by atoms with E-state index < -0.39 is 0 Å². The molecule has 0 atom stereocenters. The normalized spacial score (nSPS) is 15.0. The van der Waals surface area contributed by atoms with E-state index in [1.54, 1.807) is 21.9 Å². The maximum atomic E-state index is 12.3. The predicted molar refractivity (Wildman–Crippen MR) is 80.5 cm³/mol. The summed E-state index contributed by atoms with van der Waals surface area (Å²) in [7, 11) is 0. The van der Waals surface area contributed by atoms with E-state index in [9.17, 15) is 9.59 Å². The molecular weight excluding hydrogens is 274 g/mol. The van der Waals surface area contributed by atoms with Crippen LogP contribution in [0.2, 0.25) is 0 Å². The molecule has 1 aliphatic heterocycles. The van der Waals surface area contributed by atoms with Crippen molar-refractivity contribution in [3.8, 4) is 0 Å². The fourth-order valence-electron chi connectivity index (χ4n) is 2.18. The smallest absolute Gasteiger partial charge is 0.253 e. The fourth-order valence-corrected chi connectivity index (χ4v) is 2.35. The van der Waals surface area contributed by atoms with Crippen LogP contribution < -0.4 is 5.73 Å². The third-order valence-corrected chi connectivity index (χ3v) is 3.47. The molecule has 0 bridgehead atoms. The predicted octanol–water partition coefficient (Wildman–Crippen LogP) is 0.429. The Bertz CT molecular complexity index is 508. The van der Waals surface area contributed by atoms with E-state index in [0.717, 1.165) is 12.0 Å². The van der Waals surface area contributed by atoms with Crippen LogP contribution in [0.1, 0.15) is 15.9 Å². The van der Waals surface area contributed by atoms with E-state index in [1.807, 2.05) is 12.1 Å². The molecule has 1 aliphatic rings. The van der Waals surface area contributed by atoms with Gasteiger partial charge in [0.2, 0.25) is 6.41 Å². The number of rotatable bonds is 4. The Morgan fingerprint density at radius 2 is 1.80 bits per heavy atom. The Morgan fingerprint density at radius 3 is 2.30 bits per heavy atom. The van der Waals surface area contributed by atoms with Gasteiger partial charge in [-0.3, -0.25) is 9.59 Å². The number of carbonyl (C=O) groups is 2. The summed E-state index contributed by atoms with van der Waals surface area (Å²) in [4.78, 5) is 26.8. The average molecular weight is 291 g/mol. The number of hydrogen-bond acceptors (Lipinski definition) is 3. The molecule has 1 aromatic rings. The van der Waals surface area contributed by atoms with Crippen molar-refractivity contribution in [1.82, 2.24) is 9.80 Å². The topological polar surface area (TPSA) is 66.6 Å². The maximum Gasteiger partial charge on any atom is 0.253 e. The Morgan fingerprint density at radius 1 is 1.20 bits per heavy atom. The van der Waals surface area contributed by atoms with E-state index in [4.69, 9.17) is 18.0 Å². The summed E-state index contributed by atoms with van der Waals surface area (Å²) in [5.41, 5.74) is 7.14. The summed E-state index contributed by atoms with van der Waals surface area (Å²) < 4.78 is 0. The van der Waals surface area contributed by atoms with Crippen LogP contribution >= 0.6 is 12.2 Å². The van der Waals surface area contributed by atoms with Crippen molar-refractivity contribution >= 4 is 29.5 Å². The van der Waals surface area contributed by atoms with Crippen molar-refractivity contribution in [2.45, 2.75) is 6.42 Å². The molecular formula is C14H17N3O2S. The molecule has 0 unspecified atom stereocenters. The molecule has 1 fully saturated rings. The zero-order valence-corrected chi connectivity index (χ0v) is 11.9. The van der Waals surface area contributed by atoms with Crippen molar-refractivity contribution in [3.05, 3.63) is 35.4 Å². The molecule has 20 heavy (non-hydrogen) atoms. The molecule has 1 saturated heterocycles. The molecule has 1 heterocycles. The van der Waals surface area contributed by atoms with Gasteiger partial charge in [0.25, 0.3) is 5.91 Å². The van der Waals surface area contributed by atoms with Crippen LogP contribution in [0, 0.1) is 0 Å². The molecule has 2 rings (SSSR count). The molecule has 1 aromatic carbocycles. The van der Waals surface area contributed by atoms with Crippen molar-refractivity contribution in [2.24, 2.45) is 5.73 Å². The highest BCUT2D eigenvalue weighted by Crippen LogP contribution is 2.10. The molecule has 2 N–H and O–H groups in total. The Kier molecular flexibility index (Phi) is 4.68. The first-order valence-corrected chi connectivity index (χ1v) is 6.87. The summed E-state index contributed by atoms with van der Waals surface area (Å²) in [6.07, 6.45) is 1.37. The van der Waals surface area contributed by atoms with E-state index in [0.29, 0.717) is 43.2 Å². The van der Waals surface area contributed by atoms with Crippen LogP contribution in [0.3, 0.4) is 0 Å². The lowest BCUT2D eigenvalue weighted by Crippen LogP contribution is -2.48. The molecule has 0 aromatic heterocycles. The number of hydrogen-bond donors (Lipinski definition) is 1. The highest BCUT2D eigenvalue weighted by atomic mass is 32.1. The molecule has 6 heteroatoms. The standard InChI is InChI=1S/C14H17N3O2S/c15-13(20)9-11-1-3-12(4-2-11)14(19)17-7-5-16(10-18)6-8-17/h1-4,10H,5-9H2,(H2,15,20). The van der Waals surface area contributed by atoms with Crippen LogP contribution in [-0.4, -0.2) is 53.3 Å². The van der Waals surface area contributed by atoms with Gasteiger partial charge in [-0.05, 0) is 17.7 Å². The van der Waals surface area contributed by atoms with Crippen LogP contribution in [0.25, 0.3) is 0 Å². The van der Waals surface area contributed by atoms with Crippen LogP contribution in [0.4, 0.5) is 0 Å². The van der Waals surface area contributed by atoms with Crippen LogP contribution in [-0.2, 0) is 11.2 Å². The quantitative estimate of drug-likeness (QED) is 0.645. The number of amides is 2. The van der Waals surface area contributed by atoms with Gasteiger partial charge >= 0.3 is 0 Å². The van der Waals surface area contributed by atoms with Crippen molar-refractivity contribution in [1.29, 1.82) is 0 Å². The van der Waals surface area contributed by atoms with Crippen molar-refractivity contribution < 1.29 is 9.59 Å². The number of nitrogens with two attached hydrogens (primary N) is 1. The zero-order valence-electron chi connectivity index (χ0n) is 11.1. The molecule has 106 valence electrons. The number of carbonyl (C=O) groups excluding carboxylic acids is 2. The van der Waals surface area contributed by atoms with Gasteiger partial charge in [0.1, 0.15) is 0 Å². The van der Waals surface area contributed by atoms with Crippen molar-refractivity contribution in [3.63, 3.8) is 0 Å². The first kappa shape index (κ1) is 14.5. The lowest BCUT2D eigenvalue weighted by atomic mass is 10.1. The number of piperazine rings is 1. The van der Waals surface area contributed by atoms with E-state index >= 15 is 0 Å². The van der Waals surface area contributed by atoms with Gasteiger partial charge in [0, 0.05) is 38.2 Å². The first-order valence-electron chi connectivity index (χ1n) is 6.46. The lowest BCUT2D eigenvalue weighted by Gasteiger charge is -2.32. The SMILES string of the molecule is NC(=S)Cc1ccc(C(=O)N2CCN(C=O)CC2)cc1. The maximum absolute atomic E-state index is 12.3. The van der Waals surface area contributed by atoms with Gasteiger partial charge in [-0.1, -0.05) is 24.4 Å². The highest BCUT2D eigenvalue weighted by Gasteiger charge is 2.21. The van der Waals surface area contributed by atoms with Gasteiger partial charge in [0.05, 0.1) is 4.99 Å². The van der Waals surface area contributed by atoms with Gasteiger partial charge in [-0.25, -0.2) is 0 Å². The van der Waals surface area contributed by atoms with E-state index in [-0.39, 0.29) is 5.91 Å². The molecule has 0 spiro atoms. The highest BCUT2D eigenvalue weighted by molar-refractivity contribution is 7.80. The fraction of sp³-hybridized carbons (Fsp3) is 0.357. The van der Waals surface area contributed by atoms with Gasteiger partial charge in [-0.2, -0.15) is 0 Å². The minimum absolute atomic E-state index is 0.00239. The summed E-state index contributed by atoms with van der Waals surface area (Å²) in [6.45, 7) is 2.34. The second-order valence-corrected chi connectivity index (χ2v) is 5.30. The Hall–Kier alpha value is -1.95. The van der Waals surface area contributed by atoms with Gasteiger partial charge in [0.15, 0.2) is 0 Å². The van der Waals surface area contributed by atoms with Crippen molar-refractivity contribution in [2.75, 3.05) is 26.2 Å². The summed E-state index contributed by atoms with van der Waals surface area (Å²) in [6, 6.07) is 7.33. The molecule has 0 saturated carbocycles. The number of benzene rings is 1. The van der Waals surface area contributed by atoms with Crippen LogP contribution in [0.15, 0.2) is 24.3 Å². The largest absolute Gasteiger partial charge is 0.393 e. The third-order valence-electron chi connectivity index (χ3n) is 3.33. The molecule has 0 radical (unpaired) electrons. The first-order chi connectivity index (χ1) is 9.60. The van der Waals surface area contributed by atoms with E-state index in [2.05, 4.69) is 0 Å². The summed E-state index contributed by atoms with van der Waals surface area (Å²) in [5.74, 6) is -0.00239. The van der Waals surface area contributed by atoms with E-state index in [1.165, 1.54) is 0 Å². The monoisotopic (exact) mass is 291 g/mol. The van der Waals surface area contributed by atoms with Gasteiger partial charge in [-0.15, -0.1) is 0 Å². The lowest BCUT2D eigenvalue weighted by molar-refractivity contribution is -0.119. The Balaban J connectivity index is 1.99. The second-order valence-electron chi connectivity index (χ2n) is 4.77. The molecule has 0 aliphatic carbocycles. The summed E-state index contributed by atoms with van der Waals surface area (Å²) in [5, 5.41) is 0.